The molecular formula is C10H15BN2O4. The molecule has 0 bridgehead atoms. The second-order valence-corrected chi connectivity index (χ2v) is 3.74. The molecule has 1 rings (SSSR count). The van der Waals surface area contributed by atoms with Crippen LogP contribution in [-0.4, -0.2) is 45.8 Å². The van der Waals surface area contributed by atoms with Crippen molar-refractivity contribution in [3.8, 4) is 0 Å². The van der Waals surface area contributed by atoms with E-state index in [1.54, 1.807) is 6.92 Å². The Balaban J connectivity index is 2.59. The van der Waals surface area contributed by atoms with Crippen LogP contribution in [0.2, 0.25) is 0 Å². The molecule has 4 N–H and O–H groups in total. The average Bonchev–Trinajstić information content (AvgIpc) is 2.28. The Morgan fingerprint density at radius 1 is 1.59 bits per heavy atom. The number of nitrogens with zero attached hydrogens (tertiary/aromatic N) is 1. The number of aromatic nitrogens is 1. The smallest absolute Gasteiger partial charge is 0.423 e. The van der Waals surface area contributed by atoms with Gasteiger partial charge in [-0.2, -0.15) is 0 Å². The molecule has 0 aliphatic rings. The third-order valence-corrected chi connectivity index (χ3v) is 2.16. The average molecular weight is 238 g/mol. The van der Waals surface area contributed by atoms with Crippen molar-refractivity contribution in [2.75, 3.05) is 6.54 Å². The molecule has 17 heavy (non-hydrogen) atoms. The molecule has 1 amide bonds. The second-order valence-electron chi connectivity index (χ2n) is 3.74. The lowest BCUT2D eigenvalue weighted by Gasteiger charge is -2.07. The van der Waals surface area contributed by atoms with Gasteiger partial charge in [0.25, 0.3) is 5.91 Å². The van der Waals surface area contributed by atoms with Gasteiger partial charge in [0.2, 0.25) is 0 Å². The fraction of sp³-hybridized carbons (Fsp3) is 0.400. The maximum atomic E-state index is 11.6. The van der Waals surface area contributed by atoms with Gasteiger partial charge in [-0.05, 0) is 30.9 Å². The lowest BCUT2D eigenvalue weighted by atomic mass is 9.80. The first-order valence-corrected chi connectivity index (χ1v) is 5.29. The molecule has 1 unspecified atom stereocenters. The lowest BCUT2D eigenvalue weighted by Crippen LogP contribution is -2.33. The molecule has 6 nitrogen and oxygen atoms in total. The number of hydrogen-bond acceptors (Lipinski definition) is 5. The topological polar surface area (TPSA) is 103 Å². The molecule has 1 aromatic rings. The standard InChI is InChI=1S/C10H15BN2O4/c1-7(14)2-4-13-10(15)9-6-8(11(16)17)3-5-12-9/h3,5-7,14,16-17H,2,4H2,1H3,(H,13,15). The van der Waals surface area contributed by atoms with E-state index < -0.39 is 19.1 Å². The van der Waals surface area contributed by atoms with Crippen molar-refractivity contribution < 1.29 is 19.9 Å². The van der Waals surface area contributed by atoms with Crippen molar-refractivity contribution in [2.24, 2.45) is 0 Å². The number of pyridine rings is 1. The number of rotatable bonds is 5. The van der Waals surface area contributed by atoms with Crippen molar-refractivity contribution in [3.63, 3.8) is 0 Å². The van der Waals surface area contributed by atoms with Crippen LogP contribution in [0.5, 0.6) is 0 Å². The van der Waals surface area contributed by atoms with E-state index in [1.807, 2.05) is 0 Å². The van der Waals surface area contributed by atoms with Crippen molar-refractivity contribution in [2.45, 2.75) is 19.4 Å². The molecule has 7 heteroatoms. The van der Waals surface area contributed by atoms with Gasteiger partial charge in [-0.15, -0.1) is 0 Å². The number of nitrogens with one attached hydrogen (secondary N) is 1. The number of carbonyl (C=O) groups excluding carboxylic acids is 1. The van der Waals surface area contributed by atoms with Gasteiger partial charge in [0, 0.05) is 12.7 Å². The summed E-state index contributed by atoms with van der Waals surface area (Å²) in [4.78, 5) is 15.4. The maximum absolute atomic E-state index is 11.6. The minimum Gasteiger partial charge on any atom is -0.423 e. The lowest BCUT2D eigenvalue weighted by molar-refractivity contribution is 0.0940. The summed E-state index contributed by atoms with van der Waals surface area (Å²) in [7, 11) is -1.62. The molecule has 1 aromatic heterocycles. The van der Waals surface area contributed by atoms with E-state index in [0.29, 0.717) is 13.0 Å². The van der Waals surface area contributed by atoms with Gasteiger partial charge in [0.1, 0.15) is 5.69 Å². The van der Waals surface area contributed by atoms with Crippen LogP contribution in [0.3, 0.4) is 0 Å². The third kappa shape index (κ3) is 4.52. The first-order chi connectivity index (χ1) is 8.00. The first-order valence-electron chi connectivity index (χ1n) is 5.29. The van der Waals surface area contributed by atoms with E-state index in [4.69, 9.17) is 15.2 Å². The summed E-state index contributed by atoms with van der Waals surface area (Å²) >= 11 is 0. The zero-order valence-corrected chi connectivity index (χ0v) is 9.50. The van der Waals surface area contributed by atoms with Gasteiger partial charge >= 0.3 is 7.12 Å². The number of aliphatic hydroxyl groups is 1. The molecule has 0 aliphatic carbocycles. The zero-order chi connectivity index (χ0) is 12.8. The van der Waals surface area contributed by atoms with Crippen LogP contribution < -0.4 is 10.8 Å². The van der Waals surface area contributed by atoms with Crippen LogP contribution in [0.15, 0.2) is 18.3 Å². The van der Waals surface area contributed by atoms with Crippen LogP contribution in [0.25, 0.3) is 0 Å². The number of aliphatic hydroxyl groups excluding tert-OH is 1. The molecule has 0 aromatic carbocycles. The quantitative estimate of drug-likeness (QED) is 0.456. The summed E-state index contributed by atoms with van der Waals surface area (Å²) < 4.78 is 0. The highest BCUT2D eigenvalue weighted by Gasteiger charge is 2.14. The predicted molar refractivity (Wildman–Crippen MR) is 62.7 cm³/mol. The molecule has 0 spiro atoms. The fourth-order valence-corrected chi connectivity index (χ4v) is 1.22. The summed E-state index contributed by atoms with van der Waals surface area (Å²) in [6.45, 7) is 1.97. The SMILES string of the molecule is CC(O)CCNC(=O)c1cc(B(O)O)ccn1. The molecular weight excluding hydrogens is 223 g/mol. The predicted octanol–water partition coefficient (Wildman–Crippen LogP) is -1.74. The Hall–Kier alpha value is -1.44. The number of amides is 1. The number of carbonyl (C=O) groups is 1. The van der Waals surface area contributed by atoms with Gasteiger partial charge in [-0.1, -0.05) is 0 Å². The first kappa shape index (κ1) is 13.6. The minimum atomic E-state index is -1.62. The molecule has 0 fully saturated rings. The van der Waals surface area contributed by atoms with Crippen molar-refractivity contribution in [1.29, 1.82) is 0 Å². The van der Waals surface area contributed by atoms with E-state index in [9.17, 15) is 4.79 Å². The van der Waals surface area contributed by atoms with Gasteiger partial charge in [-0.25, -0.2) is 0 Å². The molecule has 0 saturated heterocycles. The number of hydrogen-bond donors (Lipinski definition) is 4. The van der Waals surface area contributed by atoms with E-state index >= 15 is 0 Å². The Morgan fingerprint density at radius 2 is 2.29 bits per heavy atom. The van der Waals surface area contributed by atoms with Gasteiger partial charge < -0.3 is 20.5 Å². The summed E-state index contributed by atoms with van der Waals surface area (Å²) in [5.41, 5.74) is 0.321. The molecule has 1 atom stereocenters. The van der Waals surface area contributed by atoms with E-state index in [-0.39, 0.29) is 11.2 Å². The van der Waals surface area contributed by atoms with Crippen LogP contribution in [0.1, 0.15) is 23.8 Å². The van der Waals surface area contributed by atoms with Crippen LogP contribution in [0.4, 0.5) is 0 Å². The summed E-state index contributed by atoms with van der Waals surface area (Å²) in [5, 5.41) is 29.5. The molecule has 0 aliphatic heterocycles. The highest BCUT2D eigenvalue weighted by atomic mass is 16.4. The highest BCUT2D eigenvalue weighted by molar-refractivity contribution is 6.58. The molecule has 0 saturated carbocycles. The van der Waals surface area contributed by atoms with Crippen molar-refractivity contribution in [1.82, 2.24) is 10.3 Å². The Kier molecular flexibility index (Phi) is 5.08. The highest BCUT2D eigenvalue weighted by Crippen LogP contribution is 1.93. The van der Waals surface area contributed by atoms with Gasteiger partial charge in [0.15, 0.2) is 0 Å². The van der Waals surface area contributed by atoms with Crippen LogP contribution >= 0.6 is 0 Å². The minimum absolute atomic E-state index is 0.112. The molecule has 92 valence electrons. The van der Waals surface area contributed by atoms with Gasteiger partial charge in [0.05, 0.1) is 6.10 Å². The van der Waals surface area contributed by atoms with E-state index in [1.165, 1.54) is 18.3 Å². The van der Waals surface area contributed by atoms with E-state index in [2.05, 4.69) is 10.3 Å². The van der Waals surface area contributed by atoms with Crippen molar-refractivity contribution >= 4 is 18.5 Å². The molecule has 0 radical (unpaired) electrons. The van der Waals surface area contributed by atoms with Crippen molar-refractivity contribution in [3.05, 3.63) is 24.0 Å². The Morgan fingerprint density at radius 3 is 2.88 bits per heavy atom. The van der Waals surface area contributed by atoms with Crippen LogP contribution in [0, 0.1) is 0 Å². The van der Waals surface area contributed by atoms with Crippen LogP contribution in [-0.2, 0) is 0 Å². The third-order valence-electron chi connectivity index (χ3n) is 2.16. The summed E-state index contributed by atoms with van der Waals surface area (Å²) in [5.74, 6) is -0.409. The van der Waals surface area contributed by atoms with E-state index in [0.717, 1.165) is 0 Å². The Bertz CT molecular complexity index is 384. The zero-order valence-electron chi connectivity index (χ0n) is 9.50. The molecule has 1 heterocycles. The summed E-state index contributed by atoms with van der Waals surface area (Å²) in [6, 6.07) is 2.72. The Labute approximate surface area is 99.5 Å². The second kappa shape index (κ2) is 6.34. The fourth-order valence-electron chi connectivity index (χ4n) is 1.22. The van der Waals surface area contributed by atoms with Gasteiger partial charge in [-0.3, -0.25) is 9.78 Å². The summed E-state index contributed by atoms with van der Waals surface area (Å²) in [6.07, 6.45) is 1.31. The normalized spacial score (nSPS) is 12.0. The monoisotopic (exact) mass is 238 g/mol. The largest absolute Gasteiger partial charge is 0.488 e. The maximum Gasteiger partial charge on any atom is 0.488 e.